The molecular formula is C30H50O3. The zero-order valence-corrected chi connectivity index (χ0v) is 22.5. The van der Waals surface area contributed by atoms with Crippen LogP contribution in [0, 0.1) is 39.4 Å². The molecule has 0 aromatic carbocycles. The Hall–Kier alpha value is -0.640. The second-order valence-corrected chi connectivity index (χ2v) is 13.6. The van der Waals surface area contributed by atoms with Crippen molar-refractivity contribution >= 4 is 0 Å². The van der Waals surface area contributed by atoms with E-state index in [0.29, 0.717) is 22.7 Å². The number of hydrogen-bond donors (Lipinski definition) is 2. The lowest BCUT2D eigenvalue weighted by atomic mass is 9.35. The third-order valence-corrected chi connectivity index (χ3v) is 12.0. The number of fused-ring (bicyclic) bond motifs is 5. The number of allylic oxidation sites excluding steroid dienone is 4. The van der Waals surface area contributed by atoms with Crippen molar-refractivity contribution in [1.29, 1.82) is 0 Å². The predicted molar refractivity (Wildman–Crippen MR) is 136 cm³/mol. The second kappa shape index (κ2) is 8.79. The molecule has 4 aliphatic carbocycles. The zero-order chi connectivity index (χ0) is 24.2. The zero-order valence-electron chi connectivity index (χ0n) is 22.5. The Morgan fingerprint density at radius 1 is 0.939 bits per heavy atom. The van der Waals surface area contributed by atoms with Gasteiger partial charge in [0.05, 0.1) is 12.7 Å². The Labute approximate surface area is 203 Å². The molecule has 4 rings (SSSR count). The Kier molecular flexibility index (Phi) is 6.78. The molecule has 3 nitrogen and oxygen atoms in total. The molecule has 0 heterocycles. The van der Waals surface area contributed by atoms with Crippen LogP contribution in [0.25, 0.3) is 0 Å². The Bertz CT molecular complexity index is 809. The normalized spacial score (nSPS) is 48.5. The maximum atomic E-state index is 11.0. The summed E-state index contributed by atoms with van der Waals surface area (Å²) in [5.41, 5.74) is 5.45. The lowest BCUT2D eigenvalue weighted by molar-refractivity contribution is -0.299. The number of aliphatic hydroxyl groups excluding tert-OH is 1. The van der Waals surface area contributed by atoms with Crippen LogP contribution in [0.1, 0.15) is 113 Å². The SMILES string of the molecule is CC(C)=CCC/C(C)=C1/CC[C@@]2(C)C1CCC1[C@@]3(C)CCC(O)[C@](C)(COO)C3CC[C@@]12C. The molecule has 0 bridgehead atoms. The fourth-order valence-electron chi connectivity index (χ4n) is 9.91. The van der Waals surface area contributed by atoms with Gasteiger partial charge in [0.2, 0.25) is 0 Å². The van der Waals surface area contributed by atoms with Gasteiger partial charge in [0.15, 0.2) is 0 Å². The summed E-state index contributed by atoms with van der Waals surface area (Å²) in [4.78, 5) is 4.72. The monoisotopic (exact) mass is 458 g/mol. The first-order valence-electron chi connectivity index (χ1n) is 13.7. The molecule has 4 unspecified atom stereocenters. The summed E-state index contributed by atoms with van der Waals surface area (Å²) in [6.45, 7) is 17.0. The van der Waals surface area contributed by atoms with E-state index >= 15 is 0 Å². The molecule has 0 radical (unpaired) electrons. The van der Waals surface area contributed by atoms with Crippen molar-refractivity contribution in [1.82, 2.24) is 0 Å². The molecule has 0 aliphatic heterocycles. The minimum Gasteiger partial charge on any atom is -0.392 e. The van der Waals surface area contributed by atoms with E-state index in [1.807, 2.05) is 0 Å². The first kappa shape index (κ1) is 25.5. The van der Waals surface area contributed by atoms with Crippen molar-refractivity contribution in [3.05, 3.63) is 22.8 Å². The molecule has 0 aromatic heterocycles. The summed E-state index contributed by atoms with van der Waals surface area (Å²) >= 11 is 0. The highest BCUT2D eigenvalue weighted by Crippen LogP contribution is 2.75. The largest absolute Gasteiger partial charge is 0.392 e. The fourth-order valence-corrected chi connectivity index (χ4v) is 9.91. The molecule has 0 spiro atoms. The molecule has 0 amide bonds. The Balaban J connectivity index is 1.64. The van der Waals surface area contributed by atoms with Gasteiger partial charge in [-0.15, -0.1) is 0 Å². The quantitative estimate of drug-likeness (QED) is 0.250. The fraction of sp³-hybridized carbons (Fsp3) is 0.867. The highest BCUT2D eigenvalue weighted by atomic mass is 17.1. The summed E-state index contributed by atoms with van der Waals surface area (Å²) in [5.74, 6) is 1.83. The van der Waals surface area contributed by atoms with Gasteiger partial charge in [0.1, 0.15) is 0 Å². The summed E-state index contributed by atoms with van der Waals surface area (Å²) in [7, 11) is 0. The van der Waals surface area contributed by atoms with E-state index in [1.165, 1.54) is 50.5 Å². The maximum absolute atomic E-state index is 11.0. The van der Waals surface area contributed by atoms with Gasteiger partial charge in [0.25, 0.3) is 0 Å². The summed E-state index contributed by atoms with van der Waals surface area (Å²) < 4.78 is 0. The Morgan fingerprint density at radius 2 is 1.67 bits per heavy atom. The number of rotatable bonds is 5. The van der Waals surface area contributed by atoms with Gasteiger partial charge in [-0.1, -0.05) is 50.5 Å². The third kappa shape index (κ3) is 3.71. The first-order valence-corrected chi connectivity index (χ1v) is 13.7. The molecule has 2 N–H and O–H groups in total. The van der Waals surface area contributed by atoms with E-state index in [4.69, 9.17) is 4.89 Å². The minimum absolute atomic E-state index is 0.207. The van der Waals surface area contributed by atoms with Crippen molar-refractivity contribution in [3.63, 3.8) is 0 Å². The molecule has 8 atom stereocenters. The van der Waals surface area contributed by atoms with Crippen molar-refractivity contribution in [2.75, 3.05) is 6.61 Å². The van der Waals surface area contributed by atoms with Gasteiger partial charge >= 0.3 is 0 Å². The van der Waals surface area contributed by atoms with Crippen LogP contribution >= 0.6 is 0 Å². The van der Waals surface area contributed by atoms with Crippen LogP contribution in [0.15, 0.2) is 22.8 Å². The summed E-state index contributed by atoms with van der Waals surface area (Å²) in [6, 6.07) is 0. The molecule has 0 aromatic rings. The average Bonchev–Trinajstić information content (AvgIpc) is 3.09. The molecule has 188 valence electrons. The first-order chi connectivity index (χ1) is 15.4. The topological polar surface area (TPSA) is 49.7 Å². The standard InChI is InChI=1S/C30H50O3/c1-20(2)9-8-10-21(3)22-13-17-29(6)23(22)11-12-25-27(4)16-15-26(31)28(5,19-33-32)24(27)14-18-30(25,29)7/h9,23-26,31-32H,8,10-19H2,1-7H3/b22-21-/t23?,24?,25?,26?,27-,28+,29-,30-/m0/s1. The van der Waals surface area contributed by atoms with Gasteiger partial charge < -0.3 is 5.11 Å². The van der Waals surface area contributed by atoms with Crippen molar-refractivity contribution in [3.8, 4) is 0 Å². The van der Waals surface area contributed by atoms with E-state index in [-0.39, 0.29) is 23.5 Å². The van der Waals surface area contributed by atoms with Crippen molar-refractivity contribution in [2.24, 2.45) is 39.4 Å². The molecule has 33 heavy (non-hydrogen) atoms. The average molecular weight is 459 g/mol. The predicted octanol–water partition coefficient (Wildman–Crippen LogP) is 7.95. The van der Waals surface area contributed by atoms with Gasteiger partial charge in [0, 0.05) is 5.41 Å². The van der Waals surface area contributed by atoms with Crippen LogP contribution in [0.5, 0.6) is 0 Å². The van der Waals surface area contributed by atoms with Gasteiger partial charge in [-0.2, -0.15) is 0 Å². The summed E-state index contributed by atoms with van der Waals surface area (Å²) in [6.07, 6.45) is 14.0. The highest BCUT2D eigenvalue weighted by Gasteiger charge is 2.68. The molecule has 4 saturated carbocycles. The number of aliphatic hydroxyl groups is 1. The second-order valence-electron chi connectivity index (χ2n) is 13.6. The van der Waals surface area contributed by atoms with Crippen LogP contribution < -0.4 is 0 Å². The van der Waals surface area contributed by atoms with Crippen LogP contribution in [-0.2, 0) is 4.89 Å². The van der Waals surface area contributed by atoms with E-state index < -0.39 is 0 Å². The van der Waals surface area contributed by atoms with E-state index in [0.717, 1.165) is 25.2 Å². The van der Waals surface area contributed by atoms with Crippen LogP contribution in [0.2, 0.25) is 0 Å². The van der Waals surface area contributed by atoms with E-state index in [9.17, 15) is 10.4 Å². The van der Waals surface area contributed by atoms with Crippen molar-refractivity contribution in [2.45, 2.75) is 119 Å². The third-order valence-electron chi connectivity index (χ3n) is 12.0. The molecule has 4 fully saturated rings. The van der Waals surface area contributed by atoms with Crippen LogP contribution in [-0.4, -0.2) is 23.1 Å². The van der Waals surface area contributed by atoms with E-state index in [2.05, 4.69) is 54.5 Å². The lowest BCUT2D eigenvalue weighted by Gasteiger charge is -2.69. The van der Waals surface area contributed by atoms with Gasteiger partial charge in [-0.3, -0.25) is 5.26 Å². The highest BCUT2D eigenvalue weighted by molar-refractivity contribution is 5.29. The molecule has 4 aliphatic rings. The van der Waals surface area contributed by atoms with E-state index in [1.54, 1.807) is 11.1 Å². The Morgan fingerprint density at radius 3 is 2.33 bits per heavy atom. The van der Waals surface area contributed by atoms with Crippen LogP contribution in [0.3, 0.4) is 0 Å². The molecule has 0 saturated heterocycles. The van der Waals surface area contributed by atoms with Gasteiger partial charge in [-0.25, -0.2) is 4.89 Å². The van der Waals surface area contributed by atoms with Gasteiger partial charge in [-0.05, 0) is 119 Å². The molecular weight excluding hydrogens is 408 g/mol. The smallest absolute Gasteiger partial charge is 0.0900 e. The van der Waals surface area contributed by atoms with Crippen LogP contribution in [0.4, 0.5) is 0 Å². The van der Waals surface area contributed by atoms with Crippen molar-refractivity contribution < 1.29 is 15.3 Å². The lowest BCUT2D eigenvalue weighted by Crippen LogP contribution is -2.64. The number of hydrogen-bond acceptors (Lipinski definition) is 3. The summed E-state index contributed by atoms with van der Waals surface area (Å²) in [5, 5.41) is 20.3. The minimum atomic E-state index is -0.386. The maximum Gasteiger partial charge on any atom is 0.0900 e. The molecule has 3 heteroatoms.